The van der Waals surface area contributed by atoms with Gasteiger partial charge >= 0.3 is 0 Å². The first kappa shape index (κ1) is 19.2. The van der Waals surface area contributed by atoms with Crippen LogP contribution >= 0.6 is 0 Å². The predicted octanol–water partition coefficient (Wildman–Crippen LogP) is 2.73. The molecule has 0 unspecified atom stereocenters. The summed E-state index contributed by atoms with van der Waals surface area (Å²) in [5, 5.41) is 9.87. The SMILES string of the molecule is COc1ccc(CN(C)C(=O)c2cnc(-c3ccc(C)cc3)[nH]c2=O)cc1O. The number of benzene rings is 2. The highest BCUT2D eigenvalue weighted by Gasteiger charge is 2.17. The van der Waals surface area contributed by atoms with Crippen LogP contribution < -0.4 is 10.3 Å². The van der Waals surface area contributed by atoms with Gasteiger partial charge in [0.25, 0.3) is 11.5 Å². The second kappa shape index (κ2) is 7.96. The molecule has 1 heterocycles. The van der Waals surface area contributed by atoms with E-state index >= 15 is 0 Å². The summed E-state index contributed by atoms with van der Waals surface area (Å²) in [5.74, 6) is 0.289. The minimum Gasteiger partial charge on any atom is -0.504 e. The van der Waals surface area contributed by atoms with Crippen LogP contribution in [0.1, 0.15) is 21.5 Å². The zero-order valence-electron chi connectivity index (χ0n) is 15.9. The van der Waals surface area contributed by atoms with Crippen molar-refractivity contribution in [1.82, 2.24) is 14.9 Å². The Balaban J connectivity index is 1.79. The van der Waals surface area contributed by atoms with Gasteiger partial charge in [-0.25, -0.2) is 4.98 Å². The minimum absolute atomic E-state index is 0.0113. The molecule has 2 N–H and O–H groups in total. The van der Waals surface area contributed by atoms with Crippen molar-refractivity contribution in [3.05, 3.63) is 75.7 Å². The number of carbonyl (C=O) groups is 1. The normalized spacial score (nSPS) is 10.5. The lowest BCUT2D eigenvalue weighted by atomic mass is 10.1. The molecule has 2 aromatic carbocycles. The van der Waals surface area contributed by atoms with Gasteiger partial charge in [-0.2, -0.15) is 0 Å². The van der Waals surface area contributed by atoms with E-state index in [4.69, 9.17) is 4.74 Å². The van der Waals surface area contributed by atoms with Gasteiger partial charge < -0.3 is 19.7 Å². The molecule has 0 fully saturated rings. The van der Waals surface area contributed by atoms with E-state index in [1.165, 1.54) is 24.3 Å². The van der Waals surface area contributed by atoms with E-state index in [2.05, 4.69) is 9.97 Å². The van der Waals surface area contributed by atoms with Crippen molar-refractivity contribution in [3.63, 3.8) is 0 Å². The fourth-order valence-electron chi connectivity index (χ4n) is 2.79. The Labute approximate surface area is 162 Å². The first-order valence-electron chi connectivity index (χ1n) is 8.66. The number of aromatic nitrogens is 2. The van der Waals surface area contributed by atoms with Gasteiger partial charge in [-0.05, 0) is 24.6 Å². The number of amides is 1. The lowest BCUT2D eigenvalue weighted by Gasteiger charge is -2.17. The second-order valence-electron chi connectivity index (χ2n) is 6.51. The lowest BCUT2D eigenvalue weighted by Crippen LogP contribution is -2.31. The molecule has 0 atom stereocenters. The van der Waals surface area contributed by atoms with Crippen molar-refractivity contribution in [2.75, 3.05) is 14.2 Å². The number of hydrogen-bond acceptors (Lipinski definition) is 5. The Bertz CT molecular complexity index is 1060. The second-order valence-corrected chi connectivity index (χ2v) is 6.51. The smallest absolute Gasteiger partial charge is 0.264 e. The van der Waals surface area contributed by atoms with Crippen LogP contribution in [0.15, 0.2) is 53.5 Å². The molecule has 0 spiro atoms. The maximum absolute atomic E-state index is 12.6. The predicted molar refractivity (Wildman–Crippen MR) is 105 cm³/mol. The van der Waals surface area contributed by atoms with E-state index in [0.29, 0.717) is 17.1 Å². The lowest BCUT2D eigenvalue weighted by molar-refractivity contribution is 0.0782. The summed E-state index contributed by atoms with van der Waals surface area (Å²) >= 11 is 0. The maximum Gasteiger partial charge on any atom is 0.264 e. The number of H-pyrrole nitrogens is 1. The number of nitrogens with one attached hydrogen (secondary N) is 1. The highest BCUT2D eigenvalue weighted by molar-refractivity contribution is 5.93. The zero-order chi connectivity index (χ0) is 20.3. The Morgan fingerprint density at radius 1 is 1.21 bits per heavy atom. The number of carbonyl (C=O) groups excluding carboxylic acids is 1. The quantitative estimate of drug-likeness (QED) is 0.711. The molecule has 0 aliphatic carbocycles. The fraction of sp³-hybridized carbons (Fsp3) is 0.190. The summed E-state index contributed by atoms with van der Waals surface area (Å²) < 4.78 is 5.01. The number of ether oxygens (including phenoxy) is 1. The Morgan fingerprint density at radius 2 is 1.93 bits per heavy atom. The Hall–Kier alpha value is -3.61. The first-order chi connectivity index (χ1) is 13.4. The summed E-state index contributed by atoms with van der Waals surface area (Å²) in [5.41, 5.74) is 2.03. The molecule has 3 rings (SSSR count). The summed E-state index contributed by atoms with van der Waals surface area (Å²) in [4.78, 5) is 33.3. The molecule has 0 aliphatic rings. The number of nitrogens with zero attached hydrogens (tertiary/aromatic N) is 2. The molecule has 0 bridgehead atoms. The van der Waals surface area contributed by atoms with Gasteiger partial charge in [0.15, 0.2) is 11.5 Å². The number of aromatic hydroxyl groups is 1. The summed E-state index contributed by atoms with van der Waals surface area (Å²) in [6.07, 6.45) is 1.29. The number of hydrogen-bond donors (Lipinski definition) is 2. The Kier molecular flexibility index (Phi) is 5.44. The van der Waals surface area contributed by atoms with Gasteiger partial charge in [0.2, 0.25) is 0 Å². The van der Waals surface area contributed by atoms with Crippen molar-refractivity contribution in [3.8, 4) is 22.9 Å². The molecule has 7 heteroatoms. The van der Waals surface area contributed by atoms with Gasteiger partial charge in [0.1, 0.15) is 11.4 Å². The van der Waals surface area contributed by atoms with Crippen molar-refractivity contribution in [1.29, 1.82) is 0 Å². The molecule has 3 aromatic rings. The van der Waals surface area contributed by atoms with Gasteiger partial charge in [0.05, 0.1) is 7.11 Å². The van der Waals surface area contributed by atoms with Crippen LogP contribution in [-0.2, 0) is 6.54 Å². The molecule has 1 aromatic heterocycles. The van der Waals surface area contributed by atoms with Gasteiger partial charge in [0, 0.05) is 25.4 Å². The molecule has 7 nitrogen and oxygen atoms in total. The minimum atomic E-state index is -0.500. The number of phenols is 1. The van der Waals surface area contributed by atoms with Crippen LogP contribution in [0.4, 0.5) is 0 Å². The molecular formula is C21H21N3O4. The topological polar surface area (TPSA) is 95.5 Å². The van der Waals surface area contributed by atoms with E-state index in [-0.39, 0.29) is 17.9 Å². The van der Waals surface area contributed by atoms with Gasteiger partial charge in [-0.15, -0.1) is 0 Å². The molecule has 0 saturated carbocycles. The standard InChI is InChI=1S/C21H21N3O4/c1-13-4-7-15(8-5-13)19-22-11-16(20(26)23-19)21(27)24(2)12-14-6-9-18(28-3)17(25)10-14/h4-11,25H,12H2,1-3H3,(H,22,23,26). The van der Waals surface area contributed by atoms with Crippen molar-refractivity contribution >= 4 is 5.91 Å². The summed E-state index contributed by atoms with van der Waals surface area (Å²) in [6, 6.07) is 12.4. The third-order valence-corrected chi connectivity index (χ3v) is 4.36. The molecule has 0 aliphatic heterocycles. The van der Waals surface area contributed by atoms with Crippen LogP contribution in [-0.4, -0.2) is 40.0 Å². The van der Waals surface area contributed by atoms with Crippen molar-refractivity contribution in [2.45, 2.75) is 13.5 Å². The molecular weight excluding hydrogens is 358 g/mol. The molecule has 0 radical (unpaired) electrons. The van der Waals surface area contributed by atoms with Crippen molar-refractivity contribution < 1.29 is 14.6 Å². The number of rotatable bonds is 5. The number of phenolic OH excluding ortho intramolecular Hbond substituents is 1. The fourth-order valence-corrected chi connectivity index (χ4v) is 2.79. The average molecular weight is 379 g/mol. The van der Waals surface area contributed by atoms with Crippen LogP contribution in [0.5, 0.6) is 11.5 Å². The summed E-state index contributed by atoms with van der Waals surface area (Å²) in [6.45, 7) is 2.19. The summed E-state index contributed by atoms with van der Waals surface area (Å²) in [7, 11) is 3.04. The highest BCUT2D eigenvalue weighted by atomic mass is 16.5. The third-order valence-electron chi connectivity index (χ3n) is 4.36. The van der Waals surface area contributed by atoms with E-state index in [9.17, 15) is 14.7 Å². The van der Waals surface area contributed by atoms with E-state index in [0.717, 1.165) is 11.1 Å². The monoisotopic (exact) mass is 379 g/mol. The van der Waals surface area contributed by atoms with Crippen molar-refractivity contribution in [2.24, 2.45) is 0 Å². The van der Waals surface area contributed by atoms with E-state index in [1.54, 1.807) is 19.2 Å². The molecule has 1 amide bonds. The van der Waals surface area contributed by atoms with Crippen LogP contribution in [0.25, 0.3) is 11.4 Å². The largest absolute Gasteiger partial charge is 0.504 e. The number of methoxy groups -OCH3 is 1. The van der Waals surface area contributed by atoms with Crippen LogP contribution in [0, 0.1) is 6.92 Å². The van der Waals surface area contributed by atoms with Crippen LogP contribution in [0.3, 0.4) is 0 Å². The van der Waals surface area contributed by atoms with E-state index < -0.39 is 11.5 Å². The maximum atomic E-state index is 12.6. The van der Waals surface area contributed by atoms with E-state index in [1.807, 2.05) is 31.2 Å². The number of aryl methyl sites for hydroxylation is 1. The highest BCUT2D eigenvalue weighted by Crippen LogP contribution is 2.26. The van der Waals surface area contributed by atoms with Crippen LogP contribution in [0.2, 0.25) is 0 Å². The average Bonchev–Trinajstić information content (AvgIpc) is 2.68. The molecule has 144 valence electrons. The van der Waals surface area contributed by atoms with Gasteiger partial charge in [-0.3, -0.25) is 9.59 Å². The molecule has 0 saturated heterocycles. The van der Waals surface area contributed by atoms with Gasteiger partial charge in [-0.1, -0.05) is 35.9 Å². The Morgan fingerprint density at radius 3 is 2.54 bits per heavy atom. The third kappa shape index (κ3) is 4.03. The number of aromatic amines is 1. The first-order valence-corrected chi connectivity index (χ1v) is 8.66. The zero-order valence-corrected chi connectivity index (χ0v) is 15.9. The molecule has 28 heavy (non-hydrogen) atoms.